The average Bonchev–Trinajstić information content (AvgIpc) is 2.39. The van der Waals surface area contributed by atoms with Gasteiger partial charge in [-0.25, -0.2) is 4.98 Å². The van der Waals surface area contributed by atoms with Crippen LogP contribution in [0, 0.1) is 0 Å². The first-order chi connectivity index (χ1) is 8.40. The summed E-state index contributed by atoms with van der Waals surface area (Å²) in [6.07, 6.45) is 2.73. The molecule has 0 radical (unpaired) electrons. The van der Waals surface area contributed by atoms with Gasteiger partial charge in [-0.3, -0.25) is 0 Å². The van der Waals surface area contributed by atoms with E-state index < -0.39 is 0 Å². The van der Waals surface area contributed by atoms with Crippen LogP contribution in [0.2, 0.25) is 0 Å². The van der Waals surface area contributed by atoms with Crippen molar-refractivity contribution in [3.63, 3.8) is 0 Å². The molecule has 0 saturated heterocycles. The molecule has 0 fully saturated rings. The number of thioether (sulfide) groups is 1. The monoisotopic (exact) mass is 244 g/mol. The fourth-order valence-corrected chi connectivity index (χ4v) is 2.61. The van der Waals surface area contributed by atoms with Gasteiger partial charge in [0.1, 0.15) is 0 Å². The molecule has 0 bridgehead atoms. The number of rotatable bonds is 5. The quantitative estimate of drug-likeness (QED) is 0.822. The van der Waals surface area contributed by atoms with Gasteiger partial charge in [0.25, 0.3) is 0 Å². The lowest BCUT2D eigenvalue weighted by molar-refractivity contribution is 0.911. The van der Waals surface area contributed by atoms with E-state index in [1.54, 1.807) is 11.8 Å². The van der Waals surface area contributed by atoms with Crippen molar-refractivity contribution in [3.05, 3.63) is 59.8 Å². The molecule has 0 aliphatic carbocycles. The lowest BCUT2D eigenvalue weighted by atomic mass is 10.2. The highest BCUT2D eigenvalue weighted by Crippen LogP contribution is 2.24. The van der Waals surface area contributed by atoms with Crippen LogP contribution in [-0.2, 0) is 12.2 Å². The Morgan fingerprint density at radius 2 is 1.88 bits per heavy atom. The van der Waals surface area contributed by atoms with Crippen LogP contribution in [0.3, 0.4) is 0 Å². The van der Waals surface area contributed by atoms with E-state index in [2.05, 4.69) is 35.3 Å². The number of pyridine rings is 1. The van der Waals surface area contributed by atoms with Crippen molar-refractivity contribution in [1.29, 1.82) is 0 Å². The van der Waals surface area contributed by atoms with Gasteiger partial charge in [-0.05, 0) is 30.2 Å². The normalized spacial score (nSPS) is 10.4. The van der Waals surface area contributed by atoms with E-state index in [0.29, 0.717) is 6.54 Å². The summed E-state index contributed by atoms with van der Waals surface area (Å²) < 4.78 is 0. The molecule has 3 heteroatoms. The zero-order valence-electron chi connectivity index (χ0n) is 9.67. The minimum atomic E-state index is 0.671. The smallest absolute Gasteiger partial charge is 0.0995 e. The van der Waals surface area contributed by atoms with Crippen molar-refractivity contribution >= 4 is 11.8 Å². The zero-order valence-corrected chi connectivity index (χ0v) is 10.5. The second-order valence-corrected chi connectivity index (χ2v) is 4.74. The molecule has 0 atom stereocenters. The Balaban J connectivity index is 2.03. The number of hydrogen-bond acceptors (Lipinski definition) is 3. The molecule has 2 nitrogen and oxygen atoms in total. The third-order valence-electron chi connectivity index (χ3n) is 2.48. The van der Waals surface area contributed by atoms with Gasteiger partial charge >= 0.3 is 0 Å². The SMILES string of the molecule is NCCc1cccnc1SCc1ccccc1. The first-order valence-electron chi connectivity index (χ1n) is 5.71. The Morgan fingerprint density at radius 1 is 1.06 bits per heavy atom. The van der Waals surface area contributed by atoms with Crippen LogP contribution >= 0.6 is 11.8 Å². The van der Waals surface area contributed by atoms with Gasteiger partial charge in [-0.1, -0.05) is 36.4 Å². The molecule has 17 heavy (non-hydrogen) atoms. The zero-order chi connectivity index (χ0) is 11.9. The highest BCUT2D eigenvalue weighted by atomic mass is 32.2. The van der Waals surface area contributed by atoms with Gasteiger partial charge < -0.3 is 5.73 Å². The van der Waals surface area contributed by atoms with E-state index in [-0.39, 0.29) is 0 Å². The molecule has 1 heterocycles. The van der Waals surface area contributed by atoms with Crippen LogP contribution in [0.4, 0.5) is 0 Å². The molecule has 2 rings (SSSR count). The lowest BCUT2D eigenvalue weighted by Crippen LogP contribution is -2.04. The van der Waals surface area contributed by atoms with Crippen molar-refractivity contribution < 1.29 is 0 Å². The van der Waals surface area contributed by atoms with Gasteiger partial charge in [-0.2, -0.15) is 0 Å². The van der Waals surface area contributed by atoms with Crippen molar-refractivity contribution in [2.24, 2.45) is 5.73 Å². The third kappa shape index (κ3) is 3.58. The summed E-state index contributed by atoms with van der Waals surface area (Å²) >= 11 is 1.77. The predicted octanol–water partition coefficient (Wildman–Crippen LogP) is 2.88. The molecule has 0 spiro atoms. The molecule has 0 aliphatic heterocycles. The summed E-state index contributed by atoms with van der Waals surface area (Å²) in [4.78, 5) is 4.42. The fraction of sp³-hybridized carbons (Fsp3) is 0.214. The maximum Gasteiger partial charge on any atom is 0.0995 e. The standard InChI is InChI=1S/C14H16N2S/c15-9-8-13-7-4-10-16-14(13)17-11-12-5-2-1-3-6-12/h1-7,10H,8-9,11,15H2. The fourth-order valence-electron chi connectivity index (χ4n) is 1.63. The summed E-state index contributed by atoms with van der Waals surface area (Å²) in [7, 11) is 0. The maximum absolute atomic E-state index is 5.60. The number of aromatic nitrogens is 1. The van der Waals surface area contributed by atoms with Crippen LogP contribution in [0.15, 0.2) is 53.7 Å². The van der Waals surface area contributed by atoms with E-state index in [4.69, 9.17) is 5.73 Å². The highest BCUT2D eigenvalue weighted by Gasteiger charge is 2.03. The molecule has 1 aromatic carbocycles. The first-order valence-corrected chi connectivity index (χ1v) is 6.69. The summed E-state index contributed by atoms with van der Waals surface area (Å²) in [6.45, 7) is 0.671. The largest absolute Gasteiger partial charge is 0.330 e. The Bertz CT molecular complexity index is 457. The molecule has 0 saturated carbocycles. The minimum Gasteiger partial charge on any atom is -0.330 e. The Hall–Kier alpha value is -1.32. The maximum atomic E-state index is 5.60. The summed E-state index contributed by atoms with van der Waals surface area (Å²) in [5.41, 5.74) is 8.17. The molecule has 2 N–H and O–H groups in total. The Labute approximate surface area is 106 Å². The lowest BCUT2D eigenvalue weighted by Gasteiger charge is -2.06. The number of hydrogen-bond donors (Lipinski definition) is 1. The summed E-state index contributed by atoms with van der Waals surface area (Å²) in [6, 6.07) is 14.5. The Kier molecular flexibility index (Phi) is 4.59. The van der Waals surface area contributed by atoms with Gasteiger partial charge in [0, 0.05) is 11.9 Å². The minimum absolute atomic E-state index is 0.671. The van der Waals surface area contributed by atoms with Crippen LogP contribution in [0.5, 0.6) is 0 Å². The molecule has 2 aromatic rings. The number of nitrogens with zero attached hydrogens (tertiary/aromatic N) is 1. The average molecular weight is 244 g/mol. The van der Waals surface area contributed by atoms with E-state index >= 15 is 0 Å². The Morgan fingerprint density at radius 3 is 2.65 bits per heavy atom. The predicted molar refractivity (Wildman–Crippen MR) is 73.0 cm³/mol. The van der Waals surface area contributed by atoms with E-state index in [0.717, 1.165) is 17.2 Å². The first kappa shape index (κ1) is 12.1. The van der Waals surface area contributed by atoms with Crippen LogP contribution in [0.1, 0.15) is 11.1 Å². The van der Waals surface area contributed by atoms with Crippen LogP contribution in [-0.4, -0.2) is 11.5 Å². The third-order valence-corrected chi connectivity index (χ3v) is 3.60. The highest BCUT2D eigenvalue weighted by molar-refractivity contribution is 7.98. The second kappa shape index (κ2) is 6.42. The van der Waals surface area contributed by atoms with E-state index in [1.165, 1.54) is 11.1 Å². The van der Waals surface area contributed by atoms with Crippen molar-refractivity contribution in [2.45, 2.75) is 17.2 Å². The molecule has 0 unspecified atom stereocenters. The van der Waals surface area contributed by atoms with E-state index in [9.17, 15) is 0 Å². The van der Waals surface area contributed by atoms with Gasteiger partial charge in [0.05, 0.1) is 5.03 Å². The van der Waals surface area contributed by atoms with Gasteiger partial charge in [0.2, 0.25) is 0 Å². The van der Waals surface area contributed by atoms with Gasteiger partial charge in [0.15, 0.2) is 0 Å². The topological polar surface area (TPSA) is 38.9 Å². The second-order valence-electron chi connectivity index (χ2n) is 3.78. The van der Waals surface area contributed by atoms with Gasteiger partial charge in [-0.15, -0.1) is 11.8 Å². The molecular formula is C14H16N2S. The molecule has 0 aliphatic rings. The summed E-state index contributed by atoms with van der Waals surface area (Å²) in [5.74, 6) is 0.954. The number of benzene rings is 1. The van der Waals surface area contributed by atoms with Crippen LogP contribution < -0.4 is 5.73 Å². The van der Waals surface area contributed by atoms with Crippen molar-refractivity contribution in [3.8, 4) is 0 Å². The van der Waals surface area contributed by atoms with Crippen molar-refractivity contribution in [2.75, 3.05) is 6.54 Å². The van der Waals surface area contributed by atoms with Crippen LogP contribution in [0.25, 0.3) is 0 Å². The van der Waals surface area contributed by atoms with E-state index in [1.807, 2.05) is 18.3 Å². The number of nitrogens with two attached hydrogens (primary N) is 1. The van der Waals surface area contributed by atoms with Crippen molar-refractivity contribution in [1.82, 2.24) is 4.98 Å². The molecule has 88 valence electrons. The molecule has 1 aromatic heterocycles. The molecule has 0 amide bonds. The molecular weight excluding hydrogens is 228 g/mol. The summed E-state index contributed by atoms with van der Waals surface area (Å²) in [5, 5.41) is 1.10.